The van der Waals surface area contributed by atoms with Gasteiger partial charge in [0.1, 0.15) is 18.1 Å². The highest BCUT2D eigenvalue weighted by Crippen LogP contribution is 2.32. The zero-order valence-corrected chi connectivity index (χ0v) is 13.8. The molecule has 0 fully saturated rings. The molecular weight excluding hydrogens is 312 g/mol. The van der Waals surface area contributed by atoms with E-state index >= 15 is 0 Å². The molecule has 0 saturated carbocycles. The van der Waals surface area contributed by atoms with Crippen molar-refractivity contribution in [2.24, 2.45) is 0 Å². The van der Waals surface area contributed by atoms with Crippen LogP contribution in [0.2, 0.25) is 0 Å². The number of ether oxygens (including phenoxy) is 2. The summed E-state index contributed by atoms with van der Waals surface area (Å²) in [5.74, 6) is 1.63. The zero-order chi connectivity index (χ0) is 17.1. The Morgan fingerprint density at radius 3 is 2.60 bits per heavy atom. The highest BCUT2D eigenvalue weighted by molar-refractivity contribution is 6.00. The van der Waals surface area contributed by atoms with Gasteiger partial charge in [-0.05, 0) is 41.0 Å². The van der Waals surface area contributed by atoms with Crippen molar-refractivity contribution in [1.29, 1.82) is 0 Å². The zero-order valence-electron chi connectivity index (χ0n) is 13.8. The molecule has 0 aliphatic carbocycles. The molecule has 0 atom stereocenters. The Morgan fingerprint density at radius 2 is 1.72 bits per heavy atom. The summed E-state index contributed by atoms with van der Waals surface area (Å²) in [4.78, 5) is 11.9. The summed E-state index contributed by atoms with van der Waals surface area (Å²) in [5.41, 5.74) is 3.86. The van der Waals surface area contributed by atoms with Gasteiger partial charge in [0.05, 0.1) is 12.2 Å². The first-order valence-electron chi connectivity index (χ1n) is 8.37. The van der Waals surface area contributed by atoms with Crippen LogP contribution in [0.3, 0.4) is 0 Å². The summed E-state index contributed by atoms with van der Waals surface area (Å²) in [6.45, 7) is 0.988. The van der Waals surface area contributed by atoms with E-state index in [4.69, 9.17) is 9.47 Å². The monoisotopic (exact) mass is 330 g/mol. The molecule has 0 spiro atoms. The van der Waals surface area contributed by atoms with Crippen LogP contribution in [-0.2, 0) is 6.61 Å². The van der Waals surface area contributed by atoms with Crippen molar-refractivity contribution in [1.82, 2.24) is 0 Å². The maximum absolute atomic E-state index is 11.9. The third kappa shape index (κ3) is 3.41. The molecule has 3 aromatic rings. The van der Waals surface area contributed by atoms with Gasteiger partial charge in [-0.2, -0.15) is 0 Å². The fourth-order valence-electron chi connectivity index (χ4n) is 2.95. The van der Waals surface area contributed by atoms with Crippen LogP contribution in [0.1, 0.15) is 22.3 Å². The smallest absolute Gasteiger partial charge is 0.169 e. The van der Waals surface area contributed by atoms with E-state index in [1.807, 2.05) is 72.8 Å². The van der Waals surface area contributed by atoms with E-state index in [2.05, 4.69) is 0 Å². The standard InChI is InChI=1S/C22H18O3/c23-21-11-12-24-22-14-18(9-10-20(21)22)17-7-4-8-19(13-17)25-15-16-5-2-1-3-6-16/h1-10,13-14H,11-12,15H2. The number of rotatable bonds is 4. The van der Waals surface area contributed by atoms with Gasteiger partial charge in [0, 0.05) is 6.42 Å². The van der Waals surface area contributed by atoms with Crippen LogP contribution < -0.4 is 9.47 Å². The van der Waals surface area contributed by atoms with Crippen LogP contribution in [0.4, 0.5) is 0 Å². The lowest BCUT2D eigenvalue weighted by molar-refractivity contribution is 0.0933. The molecule has 0 saturated heterocycles. The first-order chi connectivity index (χ1) is 12.3. The summed E-state index contributed by atoms with van der Waals surface area (Å²) in [7, 11) is 0. The molecular formula is C22H18O3. The number of ketones is 1. The molecule has 124 valence electrons. The number of hydrogen-bond donors (Lipinski definition) is 0. The van der Waals surface area contributed by atoms with Gasteiger partial charge in [-0.1, -0.05) is 48.5 Å². The second-order valence-corrected chi connectivity index (χ2v) is 6.03. The van der Waals surface area contributed by atoms with Crippen LogP contribution in [-0.4, -0.2) is 12.4 Å². The van der Waals surface area contributed by atoms with Crippen molar-refractivity contribution in [2.45, 2.75) is 13.0 Å². The molecule has 0 N–H and O–H groups in total. The summed E-state index contributed by atoms with van der Waals surface area (Å²) in [6.07, 6.45) is 0.454. The Balaban J connectivity index is 1.56. The molecule has 4 rings (SSSR count). The van der Waals surface area contributed by atoms with Crippen LogP contribution >= 0.6 is 0 Å². The number of Topliss-reactive ketones (excluding diaryl/α,β-unsaturated/α-hetero) is 1. The van der Waals surface area contributed by atoms with E-state index in [9.17, 15) is 4.79 Å². The molecule has 0 unspecified atom stereocenters. The largest absolute Gasteiger partial charge is 0.492 e. The quantitative estimate of drug-likeness (QED) is 0.683. The number of carbonyl (C=O) groups is 1. The second-order valence-electron chi connectivity index (χ2n) is 6.03. The Bertz CT molecular complexity index is 900. The summed E-state index contributed by atoms with van der Waals surface area (Å²) >= 11 is 0. The van der Waals surface area contributed by atoms with Crippen molar-refractivity contribution in [3.8, 4) is 22.6 Å². The fraction of sp³-hybridized carbons (Fsp3) is 0.136. The Kier molecular flexibility index (Phi) is 4.21. The first-order valence-corrected chi connectivity index (χ1v) is 8.37. The maximum Gasteiger partial charge on any atom is 0.169 e. The minimum Gasteiger partial charge on any atom is -0.492 e. The molecule has 0 bridgehead atoms. The molecule has 0 radical (unpaired) electrons. The van der Waals surface area contributed by atoms with Gasteiger partial charge in [-0.25, -0.2) is 0 Å². The average molecular weight is 330 g/mol. The molecule has 3 nitrogen and oxygen atoms in total. The normalized spacial score (nSPS) is 13.0. The van der Waals surface area contributed by atoms with Crippen molar-refractivity contribution < 1.29 is 14.3 Å². The van der Waals surface area contributed by atoms with E-state index in [1.54, 1.807) is 0 Å². The Labute approximate surface area is 146 Å². The van der Waals surface area contributed by atoms with Gasteiger partial charge in [0.25, 0.3) is 0 Å². The Morgan fingerprint density at radius 1 is 0.880 bits per heavy atom. The van der Waals surface area contributed by atoms with Gasteiger partial charge in [0.15, 0.2) is 5.78 Å². The fourth-order valence-corrected chi connectivity index (χ4v) is 2.95. The van der Waals surface area contributed by atoms with Crippen LogP contribution in [0, 0.1) is 0 Å². The lowest BCUT2D eigenvalue weighted by atomic mass is 9.99. The summed E-state index contributed by atoms with van der Waals surface area (Å²) in [5, 5.41) is 0. The van der Waals surface area contributed by atoms with Gasteiger partial charge in [-0.3, -0.25) is 4.79 Å². The number of hydrogen-bond acceptors (Lipinski definition) is 3. The van der Waals surface area contributed by atoms with Crippen LogP contribution in [0.5, 0.6) is 11.5 Å². The predicted octanol–water partition coefficient (Wildman–Crippen LogP) is 4.90. The van der Waals surface area contributed by atoms with Crippen LogP contribution in [0.25, 0.3) is 11.1 Å². The third-order valence-corrected chi connectivity index (χ3v) is 4.28. The van der Waals surface area contributed by atoms with Gasteiger partial charge in [0.2, 0.25) is 0 Å². The van der Waals surface area contributed by atoms with Crippen molar-refractivity contribution in [3.05, 3.63) is 83.9 Å². The molecule has 1 heterocycles. The average Bonchev–Trinajstić information content (AvgIpc) is 2.67. The van der Waals surface area contributed by atoms with Crippen molar-refractivity contribution in [2.75, 3.05) is 6.61 Å². The summed E-state index contributed by atoms with van der Waals surface area (Å²) in [6, 6.07) is 23.8. The lowest BCUT2D eigenvalue weighted by Gasteiger charge is -2.17. The number of fused-ring (bicyclic) bond motifs is 1. The number of benzene rings is 3. The van der Waals surface area contributed by atoms with E-state index in [0.29, 0.717) is 30.9 Å². The van der Waals surface area contributed by atoms with Crippen molar-refractivity contribution >= 4 is 5.78 Å². The third-order valence-electron chi connectivity index (χ3n) is 4.28. The Hall–Kier alpha value is -3.07. The minimum atomic E-state index is 0.146. The molecule has 0 aromatic heterocycles. The molecule has 1 aliphatic heterocycles. The van der Waals surface area contributed by atoms with Crippen molar-refractivity contribution in [3.63, 3.8) is 0 Å². The van der Waals surface area contributed by atoms with E-state index in [1.165, 1.54) is 0 Å². The van der Waals surface area contributed by atoms with Crippen LogP contribution in [0.15, 0.2) is 72.8 Å². The van der Waals surface area contributed by atoms with E-state index in [0.717, 1.165) is 22.4 Å². The predicted molar refractivity (Wildman–Crippen MR) is 97.1 cm³/mol. The highest BCUT2D eigenvalue weighted by Gasteiger charge is 2.18. The maximum atomic E-state index is 11.9. The SMILES string of the molecule is O=C1CCOc2cc(-c3cccc(OCc4ccccc4)c3)ccc21. The molecule has 0 amide bonds. The van der Waals surface area contributed by atoms with Gasteiger partial charge < -0.3 is 9.47 Å². The molecule has 3 aromatic carbocycles. The highest BCUT2D eigenvalue weighted by atomic mass is 16.5. The topological polar surface area (TPSA) is 35.5 Å². The van der Waals surface area contributed by atoms with Gasteiger partial charge in [-0.15, -0.1) is 0 Å². The number of carbonyl (C=O) groups excluding carboxylic acids is 1. The van der Waals surface area contributed by atoms with E-state index < -0.39 is 0 Å². The lowest BCUT2D eigenvalue weighted by Crippen LogP contribution is -2.15. The molecule has 25 heavy (non-hydrogen) atoms. The second kappa shape index (κ2) is 6.81. The first kappa shape index (κ1) is 15.5. The molecule has 1 aliphatic rings. The summed E-state index contributed by atoms with van der Waals surface area (Å²) < 4.78 is 11.5. The minimum absolute atomic E-state index is 0.146. The van der Waals surface area contributed by atoms with Gasteiger partial charge >= 0.3 is 0 Å². The van der Waals surface area contributed by atoms with E-state index in [-0.39, 0.29) is 5.78 Å². The molecule has 3 heteroatoms.